The summed E-state index contributed by atoms with van der Waals surface area (Å²) in [5.41, 5.74) is 0.782. The Kier molecular flexibility index (Phi) is 11.7. The van der Waals surface area contributed by atoms with Crippen LogP contribution in [-0.2, 0) is 20.8 Å². The van der Waals surface area contributed by atoms with Crippen LogP contribution in [0.15, 0.2) is 18.2 Å². The SMILES string of the molecule is COCCCCn1c(C(=O)N(CC(C)C)[C@H]2C[C@@H](C(=O)N3CCCCC3)CN(C(=O)OC(C)(C)C)C2)nc2c(OC)cccc21. The molecular formula is C34H53N5O6. The van der Waals surface area contributed by atoms with E-state index in [0.717, 1.165) is 50.7 Å². The molecule has 2 aromatic rings. The van der Waals surface area contributed by atoms with Crippen molar-refractivity contribution in [2.24, 2.45) is 11.8 Å². The number of amides is 3. The molecule has 250 valence electrons. The summed E-state index contributed by atoms with van der Waals surface area (Å²) < 4.78 is 18.6. The topological polar surface area (TPSA) is 106 Å². The first-order chi connectivity index (χ1) is 21.4. The van der Waals surface area contributed by atoms with Crippen molar-refractivity contribution in [3.05, 3.63) is 24.0 Å². The number of hydrogen-bond donors (Lipinski definition) is 0. The Labute approximate surface area is 268 Å². The van der Waals surface area contributed by atoms with Crippen LogP contribution in [0.2, 0.25) is 0 Å². The largest absolute Gasteiger partial charge is 0.494 e. The van der Waals surface area contributed by atoms with Gasteiger partial charge in [-0.05, 0) is 77.3 Å². The van der Waals surface area contributed by atoms with Gasteiger partial charge in [-0.15, -0.1) is 0 Å². The van der Waals surface area contributed by atoms with E-state index >= 15 is 0 Å². The number of fused-ring (bicyclic) bond motifs is 1. The van der Waals surface area contributed by atoms with Gasteiger partial charge < -0.3 is 33.5 Å². The molecule has 2 fully saturated rings. The molecule has 1 aromatic heterocycles. The normalized spacial score (nSPS) is 19.2. The van der Waals surface area contributed by atoms with E-state index in [0.29, 0.717) is 43.2 Å². The van der Waals surface area contributed by atoms with E-state index in [1.54, 1.807) is 19.1 Å². The van der Waals surface area contributed by atoms with Gasteiger partial charge in [0.2, 0.25) is 5.91 Å². The summed E-state index contributed by atoms with van der Waals surface area (Å²) in [4.78, 5) is 52.3. The van der Waals surface area contributed by atoms with Crippen LogP contribution in [0.4, 0.5) is 4.79 Å². The fourth-order valence-electron chi connectivity index (χ4n) is 6.44. The molecule has 4 rings (SSSR count). The Bertz CT molecular complexity index is 1310. The standard InChI is InChI=1S/C34H53N5O6/c1-24(2)21-39(32(41)30-35-29-27(14-13-15-28(29)44-7)38(30)18-11-12-19-43-6)26-20-25(31(40)36-16-9-8-10-17-36)22-37(23-26)33(42)45-34(3,4)5/h13-15,24-26H,8-12,16-23H2,1-7H3/t25-,26+/m1/s1. The van der Waals surface area contributed by atoms with Gasteiger partial charge in [-0.2, -0.15) is 0 Å². The molecule has 1 aromatic carbocycles. The second-order valence-corrected chi connectivity index (χ2v) is 13.8. The zero-order valence-electron chi connectivity index (χ0n) is 28.3. The highest BCUT2D eigenvalue weighted by atomic mass is 16.6. The van der Waals surface area contributed by atoms with Gasteiger partial charge in [0.1, 0.15) is 16.9 Å². The molecule has 3 heterocycles. The number of carbonyl (C=O) groups is 3. The van der Waals surface area contributed by atoms with Crippen LogP contribution in [0.5, 0.6) is 5.75 Å². The molecule has 0 unspecified atom stereocenters. The number of carbonyl (C=O) groups excluding carboxylic acids is 3. The molecule has 0 N–H and O–H groups in total. The zero-order chi connectivity index (χ0) is 32.7. The smallest absolute Gasteiger partial charge is 0.410 e. The number of benzene rings is 1. The minimum atomic E-state index is -0.684. The van der Waals surface area contributed by atoms with Crippen molar-refractivity contribution in [2.75, 3.05) is 53.6 Å². The highest BCUT2D eigenvalue weighted by Crippen LogP contribution is 2.30. The number of unbranched alkanes of at least 4 members (excludes halogenated alkanes) is 1. The van der Waals surface area contributed by atoms with Crippen LogP contribution in [0.3, 0.4) is 0 Å². The van der Waals surface area contributed by atoms with E-state index < -0.39 is 17.6 Å². The van der Waals surface area contributed by atoms with Gasteiger partial charge in [0, 0.05) is 53.0 Å². The van der Waals surface area contributed by atoms with Crippen LogP contribution < -0.4 is 4.74 Å². The summed E-state index contributed by atoms with van der Waals surface area (Å²) in [5, 5.41) is 0. The van der Waals surface area contributed by atoms with Gasteiger partial charge in [0.25, 0.3) is 5.91 Å². The lowest BCUT2D eigenvalue weighted by atomic mass is 9.90. The van der Waals surface area contributed by atoms with E-state index in [1.165, 1.54) is 0 Å². The number of methoxy groups -OCH3 is 2. The predicted molar refractivity (Wildman–Crippen MR) is 173 cm³/mol. The van der Waals surface area contributed by atoms with Crippen molar-refractivity contribution in [1.29, 1.82) is 0 Å². The minimum absolute atomic E-state index is 0.0556. The van der Waals surface area contributed by atoms with Gasteiger partial charge >= 0.3 is 6.09 Å². The van der Waals surface area contributed by atoms with Gasteiger partial charge in [-0.25, -0.2) is 9.78 Å². The van der Waals surface area contributed by atoms with Crippen LogP contribution in [-0.4, -0.2) is 107 Å². The van der Waals surface area contributed by atoms with E-state index in [4.69, 9.17) is 19.2 Å². The predicted octanol–water partition coefficient (Wildman–Crippen LogP) is 5.21. The number of aromatic nitrogens is 2. The number of ether oxygens (including phenoxy) is 3. The lowest BCUT2D eigenvalue weighted by Crippen LogP contribution is -2.58. The Morgan fingerprint density at radius 1 is 1.02 bits per heavy atom. The summed E-state index contributed by atoms with van der Waals surface area (Å²) in [6.07, 6.45) is 4.76. The monoisotopic (exact) mass is 627 g/mol. The number of hydrogen-bond acceptors (Lipinski definition) is 7. The van der Waals surface area contributed by atoms with Crippen molar-refractivity contribution in [2.45, 2.75) is 91.3 Å². The number of rotatable bonds is 11. The molecule has 45 heavy (non-hydrogen) atoms. The molecule has 2 aliphatic rings. The van der Waals surface area contributed by atoms with Gasteiger partial charge in [-0.3, -0.25) is 9.59 Å². The van der Waals surface area contributed by atoms with Crippen LogP contribution in [0.1, 0.15) is 83.8 Å². The van der Waals surface area contributed by atoms with Crippen LogP contribution >= 0.6 is 0 Å². The van der Waals surface area contributed by atoms with Crippen molar-refractivity contribution >= 4 is 28.9 Å². The first-order valence-electron chi connectivity index (χ1n) is 16.5. The molecule has 0 aliphatic carbocycles. The summed E-state index contributed by atoms with van der Waals surface area (Å²) in [7, 11) is 3.29. The molecule has 3 amide bonds. The Hall–Kier alpha value is -3.34. The van der Waals surface area contributed by atoms with E-state index in [-0.39, 0.29) is 36.9 Å². The van der Waals surface area contributed by atoms with E-state index in [1.807, 2.05) is 53.3 Å². The van der Waals surface area contributed by atoms with E-state index in [2.05, 4.69) is 13.8 Å². The fourth-order valence-corrected chi connectivity index (χ4v) is 6.44. The molecule has 11 nitrogen and oxygen atoms in total. The summed E-state index contributed by atoms with van der Waals surface area (Å²) in [6, 6.07) is 5.33. The van der Waals surface area contributed by atoms with Gasteiger partial charge in [0.15, 0.2) is 5.82 Å². The number of piperidine rings is 2. The van der Waals surface area contributed by atoms with E-state index in [9.17, 15) is 14.4 Å². The first-order valence-corrected chi connectivity index (χ1v) is 16.5. The number of aryl methyl sites for hydroxylation is 1. The van der Waals surface area contributed by atoms with Crippen molar-refractivity contribution < 1.29 is 28.6 Å². The fraction of sp³-hybridized carbons (Fsp3) is 0.706. The number of likely N-dealkylation sites (tertiary alicyclic amines) is 2. The molecule has 2 saturated heterocycles. The van der Waals surface area contributed by atoms with Gasteiger partial charge in [0.05, 0.1) is 24.6 Å². The molecule has 0 saturated carbocycles. The Balaban J connectivity index is 1.72. The molecule has 2 aliphatic heterocycles. The third-order valence-corrected chi connectivity index (χ3v) is 8.49. The molecular weight excluding hydrogens is 574 g/mol. The summed E-state index contributed by atoms with van der Waals surface area (Å²) in [5.74, 6) is 0.504. The average Bonchev–Trinajstić information content (AvgIpc) is 3.39. The third-order valence-electron chi connectivity index (χ3n) is 8.49. The van der Waals surface area contributed by atoms with Crippen molar-refractivity contribution in [3.63, 3.8) is 0 Å². The summed E-state index contributed by atoms with van der Waals surface area (Å²) in [6.45, 7) is 13.4. The lowest BCUT2D eigenvalue weighted by Gasteiger charge is -2.44. The second-order valence-electron chi connectivity index (χ2n) is 13.8. The minimum Gasteiger partial charge on any atom is -0.494 e. The van der Waals surface area contributed by atoms with Gasteiger partial charge in [-0.1, -0.05) is 19.9 Å². The maximum atomic E-state index is 14.7. The maximum Gasteiger partial charge on any atom is 0.410 e. The second kappa shape index (κ2) is 15.3. The number of nitrogens with zero attached hydrogens (tertiary/aromatic N) is 5. The number of para-hydroxylation sites is 1. The number of imidazole rings is 1. The van der Waals surface area contributed by atoms with Crippen molar-refractivity contribution in [3.8, 4) is 5.75 Å². The molecule has 0 bridgehead atoms. The summed E-state index contributed by atoms with van der Waals surface area (Å²) >= 11 is 0. The Morgan fingerprint density at radius 3 is 2.40 bits per heavy atom. The van der Waals surface area contributed by atoms with Crippen LogP contribution in [0, 0.1) is 11.8 Å². The highest BCUT2D eigenvalue weighted by Gasteiger charge is 2.42. The third kappa shape index (κ3) is 8.68. The lowest BCUT2D eigenvalue weighted by molar-refractivity contribution is -0.139. The van der Waals surface area contributed by atoms with Crippen LogP contribution in [0.25, 0.3) is 11.0 Å². The molecule has 0 spiro atoms. The maximum absolute atomic E-state index is 14.7. The first kappa shape index (κ1) is 34.5. The van der Waals surface area contributed by atoms with Crippen molar-refractivity contribution in [1.82, 2.24) is 24.3 Å². The zero-order valence-corrected chi connectivity index (χ0v) is 28.3. The Morgan fingerprint density at radius 2 is 1.76 bits per heavy atom. The molecule has 2 atom stereocenters. The average molecular weight is 628 g/mol. The highest BCUT2D eigenvalue weighted by molar-refractivity contribution is 5.96. The quantitative estimate of drug-likeness (QED) is 0.315. The molecule has 11 heteroatoms. The molecule has 0 radical (unpaired) electrons.